The van der Waals surface area contributed by atoms with Gasteiger partial charge in [-0.05, 0) is 38.0 Å². The summed E-state index contributed by atoms with van der Waals surface area (Å²) in [4.78, 5) is 14.4. The number of nitrogens with zero attached hydrogens (tertiary/aromatic N) is 1. The van der Waals surface area contributed by atoms with Crippen molar-refractivity contribution in [1.29, 1.82) is 0 Å². The van der Waals surface area contributed by atoms with Gasteiger partial charge in [-0.1, -0.05) is 29.8 Å². The molecule has 0 spiro atoms. The molecule has 0 aliphatic heterocycles. The number of amides is 1. The first-order valence-electron chi connectivity index (χ1n) is 6.19. The Morgan fingerprint density at radius 1 is 1.33 bits per heavy atom. The van der Waals surface area contributed by atoms with Gasteiger partial charge in [0.05, 0.1) is 5.56 Å². The zero-order valence-corrected chi connectivity index (χ0v) is 13.0. The molecule has 18 heavy (non-hydrogen) atoms. The molecule has 0 unspecified atom stereocenters. The number of nitrogens with two attached hydrogens (primary N) is 1. The monoisotopic (exact) mass is 312 g/mol. The maximum atomic E-state index is 12.5. The summed E-state index contributed by atoms with van der Waals surface area (Å²) in [6.07, 6.45) is 0. The molecule has 0 radical (unpaired) electrons. The third kappa shape index (κ3) is 3.73. The molecule has 1 aromatic carbocycles. The van der Waals surface area contributed by atoms with Crippen molar-refractivity contribution >= 4 is 27.5 Å². The second-order valence-electron chi connectivity index (χ2n) is 5.18. The summed E-state index contributed by atoms with van der Waals surface area (Å²) in [6, 6.07) is 5.55. The van der Waals surface area contributed by atoms with Crippen molar-refractivity contribution in [2.45, 2.75) is 33.7 Å². The van der Waals surface area contributed by atoms with Crippen LogP contribution in [0, 0.1) is 5.92 Å². The van der Waals surface area contributed by atoms with Crippen molar-refractivity contribution in [1.82, 2.24) is 4.90 Å². The van der Waals surface area contributed by atoms with Crippen molar-refractivity contribution in [3.05, 3.63) is 28.2 Å². The zero-order chi connectivity index (χ0) is 13.9. The second-order valence-corrected chi connectivity index (χ2v) is 6.09. The topological polar surface area (TPSA) is 46.3 Å². The van der Waals surface area contributed by atoms with Gasteiger partial charge in [0, 0.05) is 22.7 Å². The maximum Gasteiger partial charge on any atom is 0.256 e. The first-order valence-corrected chi connectivity index (χ1v) is 6.98. The van der Waals surface area contributed by atoms with Gasteiger partial charge in [-0.2, -0.15) is 0 Å². The van der Waals surface area contributed by atoms with E-state index < -0.39 is 0 Å². The second kappa shape index (κ2) is 6.23. The Labute approximate surface area is 117 Å². The number of hydrogen-bond donors (Lipinski definition) is 1. The van der Waals surface area contributed by atoms with E-state index >= 15 is 0 Å². The number of halogens is 1. The van der Waals surface area contributed by atoms with Crippen molar-refractivity contribution in [3.63, 3.8) is 0 Å². The molecule has 1 amide bonds. The number of carbonyl (C=O) groups is 1. The normalized spacial score (nSPS) is 11.1. The number of anilines is 1. The molecule has 0 fully saturated rings. The van der Waals surface area contributed by atoms with Crippen LogP contribution in [0.2, 0.25) is 0 Å². The predicted octanol–water partition coefficient (Wildman–Crippen LogP) is 3.54. The van der Waals surface area contributed by atoms with E-state index in [2.05, 4.69) is 29.8 Å². The lowest BCUT2D eigenvalue weighted by molar-refractivity contribution is 0.0683. The van der Waals surface area contributed by atoms with E-state index in [1.165, 1.54) is 0 Å². The maximum absolute atomic E-state index is 12.5. The molecule has 0 aliphatic rings. The number of benzene rings is 1. The number of hydrogen-bond acceptors (Lipinski definition) is 2. The number of carbonyl (C=O) groups excluding carboxylic acids is 1. The minimum absolute atomic E-state index is 0.00231. The Balaban J connectivity index is 3.05. The smallest absolute Gasteiger partial charge is 0.256 e. The molecule has 2 N–H and O–H groups in total. The summed E-state index contributed by atoms with van der Waals surface area (Å²) in [5.74, 6) is 0.433. The van der Waals surface area contributed by atoms with Crippen LogP contribution >= 0.6 is 15.9 Å². The van der Waals surface area contributed by atoms with Crippen LogP contribution in [-0.2, 0) is 0 Å². The molecule has 3 nitrogen and oxygen atoms in total. The first kappa shape index (κ1) is 15.0. The Morgan fingerprint density at radius 3 is 2.44 bits per heavy atom. The summed E-state index contributed by atoms with van der Waals surface area (Å²) in [5, 5.41) is 0. The van der Waals surface area contributed by atoms with Crippen LogP contribution in [0.1, 0.15) is 38.1 Å². The van der Waals surface area contributed by atoms with E-state index in [-0.39, 0.29) is 11.9 Å². The molecular weight excluding hydrogens is 292 g/mol. The van der Waals surface area contributed by atoms with E-state index in [1.807, 2.05) is 24.8 Å². The Bertz CT molecular complexity index is 430. The molecule has 0 aromatic heterocycles. The molecule has 0 aliphatic carbocycles. The molecule has 0 saturated heterocycles. The van der Waals surface area contributed by atoms with Crippen molar-refractivity contribution in [2.75, 3.05) is 12.3 Å². The number of nitrogen functional groups attached to an aromatic ring is 1. The fraction of sp³-hybridized carbons (Fsp3) is 0.500. The molecule has 0 atom stereocenters. The van der Waals surface area contributed by atoms with Gasteiger partial charge in [0.25, 0.3) is 5.91 Å². The van der Waals surface area contributed by atoms with Crippen molar-refractivity contribution < 1.29 is 4.79 Å². The van der Waals surface area contributed by atoms with Gasteiger partial charge in [-0.15, -0.1) is 0 Å². The number of rotatable bonds is 4. The standard InChI is InChI=1S/C14H21BrN2O/c1-9(2)8-17(10(3)4)14(18)12-7-11(15)5-6-13(12)16/h5-7,9-10H,8,16H2,1-4H3. The summed E-state index contributed by atoms with van der Waals surface area (Å²) in [7, 11) is 0. The van der Waals surface area contributed by atoms with Gasteiger partial charge >= 0.3 is 0 Å². The average molecular weight is 313 g/mol. The van der Waals surface area contributed by atoms with Gasteiger partial charge in [0.1, 0.15) is 0 Å². The van der Waals surface area contributed by atoms with E-state index in [4.69, 9.17) is 5.73 Å². The van der Waals surface area contributed by atoms with Crippen molar-refractivity contribution in [2.24, 2.45) is 5.92 Å². The summed E-state index contributed by atoms with van der Waals surface area (Å²) in [6.45, 7) is 8.99. The fourth-order valence-corrected chi connectivity index (χ4v) is 2.15. The Hall–Kier alpha value is -1.03. The lowest BCUT2D eigenvalue weighted by Gasteiger charge is -2.29. The summed E-state index contributed by atoms with van der Waals surface area (Å²) in [5.41, 5.74) is 6.98. The van der Waals surface area contributed by atoms with Gasteiger partial charge in [0.15, 0.2) is 0 Å². The quantitative estimate of drug-likeness (QED) is 0.864. The molecule has 0 saturated carbocycles. The highest BCUT2D eigenvalue weighted by atomic mass is 79.9. The van der Waals surface area contributed by atoms with E-state index in [1.54, 1.807) is 12.1 Å². The largest absolute Gasteiger partial charge is 0.398 e. The Kier molecular flexibility index (Phi) is 5.20. The van der Waals surface area contributed by atoms with Gasteiger partial charge in [-0.3, -0.25) is 4.79 Å². The summed E-state index contributed by atoms with van der Waals surface area (Å²) >= 11 is 3.38. The van der Waals surface area contributed by atoms with Crippen molar-refractivity contribution in [3.8, 4) is 0 Å². The molecule has 1 aromatic rings. The third-order valence-corrected chi connectivity index (χ3v) is 3.19. The highest BCUT2D eigenvalue weighted by Gasteiger charge is 2.21. The molecular formula is C14H21BrN2O. The minimum atomic E-state index is -0.00231. The molecule has 4 heteroatoms. The SMILES string of the molecule is CC(C)CN(C(=O)c1cc(Br)ccc1N)C(C)C. The highest BCUT2D eigenvalue weighted by Crippen LogP contribution is 2.21. The molecule has 1 rings (SSSR count). The first-order chi connectivity index (χ1) is 8.32. The van der Waals surface area contributed by atoms with Crippen LogP contribution in [0.25, 0.3) is 0 Å². The fourth-order valence-electron chi connectivity index (χ4n) is 1.79. The molecule has 100 valence electrons. The third-order valence-electron chi connectivity index (χ3n) is 2.69. The molecule has 0 heterocycles. The van der Waals surface area contributed by atoms with Gasteiger partial charge < -0.3 is 10.6 Å². The zero-order valence-electron chi connectivity index (χ0n) is 11.4. The minimum Gasteiger partial charge on any atom is -0.398 e. The van der Waals surface area contributed by atoms with Gasteiger partial charge in [-0.25, -0.2) is 0 Å². The van der Waals surface area contributed by atoms with E-state index in [9.17, 15) is 4.79 Å². The van der Waals surface area contributed by atoms with Gasteiger partial charge in [0.2, 0.25) is 0 Å². The van der Waals surface area contributed by atoms with Crippen LogP contribution < -0.4 is 5.73 Å². The van der Waals surface area contributed by atoms with E-state index in [0.717, 1.165) is 11.0 Å². The highest BCUT2D eigenvalue weighted by molar-refractivity contribution is 9.10. The van der Waals surface area contributed by atoms with E-state index in [0.29, 0.717) is 17.2 Å². The molecule has 0 bridgehead atoms. The lowest BCUT2D eigenvalue weighted by atomic mass is 10.1. The van der Waals surface area contributed by atoms with Crippen LogP contribution in [-0.4, -0.2) is 23.4 Å². The Morgan fingerprint density at radius 2 is 1.94 bits per heavy atom. The van der Waals surface area contributed by atoms with Crippen LogP contribution in [0.3, 0.4) is 0 Å². The summed E-state index contributed by atoms with van der Waals surface area (Å²) < 4.78 is 0.869. The lowest BCUT2D eigenvalue weighted by Crippen LogP contribution is -2.39. The predicted molar refractivity (Wildman–Crippen MR) is 79.6 cm³/mol. The van der Waals surface area contributed by atoms with Crippen LogP contribution in [0.4, 0.5) is 5.69 Å². The van der Waals surface area contributed by atoms with Crippen LogP contribution in [0.5, 0.6) is 0 Å². The average Bonchev–Trinajstić information content (AvgIpc) is 2.27. The van der Waals surface area contributed by atoms with Crippen LogP contribution in [0.15, 0.2) is 22.7 Å².